The van der Waals surface area contributed by atoms with E-state index in [-0.39, 0.29) is 18.4 Å². The number of aromatic hydroxyl groups is 1. The fraction of sp³-hybridized carbons (Fsp3) is 0.423. The highest BCUT2D eigenvalue weighted by Gasteiger charge is 2.36. The van der Waals surface area contributed by atoms with Crippen LogP contribution in [-0.2, 0) is 16.0 Å². The number of nitrogens with zero attached hydrogens (tertiary/aromatic N) is 2. The molecule has 1 atom stereocenters. The van der Waals surface area contributed by atoms with Gasteiger partial charge in [0.1, 0.15) is 5.75 Å². The van der Waals surface area contributed by atoms with Crippen molar-refractivity contribution in [3.63, 3.8) is 0 Å². The Kier molecular flexibility index (Phi) is 6.74. The number of fused-ring (bicyclic) bond motifs is 1. The topological polar surface area (TPSA) is 63.9 Å². The molecule has 1 saturated carbocycles. The Morgan fingerprint density at radius 3 is 2.60 bits per heavy atom. The van der Waals surface area contributed by atoms with E-state index in [1.165, 1.54) is 6.07 Å². The third-order valence-corrected chi connectivity index (χ3v) is 7.23. The smallest absolute Gasteiger partial charge is 0.340 e. The van der Waals surface area contributed by atoms with Crippen LogP contribution >= 0.6 is 12.6 Å². The standard InChI is InChI=1S/C26H28F2N2O4S/c1-2-34-26(32)23-22-17(14-29-9-11-33-12-10-29)21(31)8-7-20(22)30(16-4-5-16)24(23)25(35)15-3-6-18(27)19(28)13-15/h3,6-8,13,16,25,31,35H,2,4-5,9-12,14H2,1H3. The number of thiol groups is 1. The molecule has 0 amide bonds. The van der Waals surface area contributed by atoms with E-state index in [2.05, 4.69) is 9.47 Å². The number of rotatable bonds is 7. The van der Waals surface area contributed by atoms with Gasteiger partial charge in [0.25, 0.3) is 0 Å². The van der Waals surface area contributed by atoms with Crippen molar-refractivity contribution in [2.24, 2.45) is 0 Å². The Bertz CT molecular complexity index is 1270. The molecule has 3 aromatic rings. The van der Waals surface area contributed by atoms with Crippen LogP contribution in [0.3, 0.4) is 0 Å². The van der Waals surface area contributed by atoms with E-state index in [0.717, 1.165) is 30.5 Å². The number of morpholine rings is 1. The molecule has 1 saturated heterocycles. The molecule has 1 aliphatic heterocycles. The molecular formula is C26H28F2N2O4S. The zero-order valence-electron chi connectivity index (χ0n) is 19.5. The number of esters is 1. The first-order valence-electron chi connectivity index (χ1n) is 11.9. The fourth-order valence-electron chi connectivity index (χ4n) is 4.87. The van der Waals surface area contributed by atoms with Crippen LogP contribution in [0.2, 0.25) is 0 Å². The van der Waals surface area contributed by atoms with Crippen LogP contribution in [0.1, 0.15) is 58.2 Å². The SMILES string of the molecule is CCOC(=O)c1c(C(S)c2ccc(F)c(F)c2)n(C2CC2)c2ccc(O)c(CN3CCOCC3)c12. The molecule has 6 nitrogen and oxygen atoms in total. The number of halogens is 2. The van der Waals surface area contributed by atoms with Gasteiger partial charge in [0.05, 0.1) is 41.8 Å². The van der Waals surface area contributed by atoms with Gasteiger partial charge >= 0.3 is 5.97 Å². The van der Waals surface area contributed by atoms with Crippen LogP contribution in [0, 0.1) is 11.6 Å². The highest BCUT2D eigenvalue weighted by atomic mass is 32.1. The van der Waals surface area contributed by atoms with Gasteiger partial charge < -0.3 is 19.1 Å². The molecule has 2 heterocycles. The van der Waals surface area contributed by atoms with Gasteiger partial charge in [0.15, 0.2) is 11.6 Å². The van der Waals surface area contributed by atoms with E-state index in [4.69, 9.17) is 22.1 Å². The van der Waals surface area contributed by atoms with Crippen molar-refractivity contribution in [1.82, 2.24) is 9.47 Å². The van der Waals surface area contributed by atoms with E-state index < -0.39 is 22.9 Å². The normalized spacial score (nSPS) is 17.6. The first-order chi connectivity index (χ1) is 16.9. The number of hydrogen-bond donors (Lipinski definition) is 2. The monoisotopic (exact) mass is 502 g/mol. The zero-order valence-corrected chi connectivity index (χ0v) is 20.4. The van der Waals surface area contributed by atoms with E-state index in [1.54, 1.807) is 13.0 Å². The van der Waals surface area contributed by atoms with Crippen molar-refractivity contribution in [2.75, 3.05) is 32.9 Å². The quantitative estimate of drug-likeness (QED) is 0.352. The Hall–Kier alpha value is -2.62. The van der Waals surface area contributed by atoms with Gasteiger partial charge in [-0.05, 0) is 49.6 Å². The number of carbonyl (C=O) groups excluding carboxylic acids is 1. The molecule has 5 rings (SSSR count). The number of hydrogen-bond acceptors (Lipinski definition) is 6. The van der Waals surface area contributed by atoms with E-state index in [0.29, 0.717) is 60.6 Å². The lowest BCUT2D eigenvalue weighted by atomic mass is 10.00. The van der Waals surface area contributed by atoms with Crippen LogP contribution in [0.5, 0.6) is 5.75 Å². The molecular weight excluding hydrogens is 474 g/mol. The summed E-state index contributed by atoms with van der Waals surface area (Å²) in [4.78, 5) is 15.6. The maximum Gasteiger partial charge on any atom is 0.340 e. The second-order valence-corrected chi connectivity index (χ2v) is 9.52. The maximum absolute atomic E-state index is 14.1. The van der Waals surface area contributed by atoms with Crippen LogP contribution in [0.25, 0.3) is 10.9 Å². The average Bonchev–Trinajstić information content (AvgIpc) is 3.63. The van der Waals surface area contributed by atoms with Gasteiger partial charge in [-0.2, -0.15) is 12.6 Å². The van der Waals surface area contributed by atoms with Gasteiger partial charge in [-0.3, -0.25) is 4.90 Å². The molecule has 0 radical (unpaired) electrons. The summed E-state index contributed by atoms with van der Waals surface area (Å²) in [5.41, 5.74) is 2.76. The summed E-state index contributed by atoms with van der Waals surface area (Å²) in [5.74, 6) is -2.35. The molecule has 9 heteroatoms. The number of ether oxygens (including phenoxy) is 2. The summed E-state index contributed by atoms with van der Waals surface area (Å²) in [5, 5.41) is 10.8. The van der Waals surface area contributed by atoms with Crippen molar-refractivity contribution >= 4 is 29.5 Å². The first-order valence-corrected chi connectivity index (χ1v) is 12.4. The minimum atomic E-state index is -0.973. The molecule has 186 valence electrons. The van der Waals surface area contributed by atoms with Crippen LogP contribution in [0.4, 0.5) is 8.78 Å². The van der Waals surface area contributed by atoms with Gasteiger partial charge in [-0.15, -0.1) is 0 Å². The van der Waals surface area contributed by atoms with Crippen molar-refractivity contribution in [1.29, 1.82) is 0 Å². The molecule has 1 unspecified atom stereocenters. The maximum atomic E-state index is 14.1. The highest BCUT2D eigenvalue weighted by molar-refractivity contribution is 7.80. The lowest BCUT2D eigenvalue weighted by Crippen LogP contribution is -2.35. The number of benzene rings is 2. The summed E-state index contributed by atoms with van der Waals surface area (Å²) in [6, 6.07) is 7.27. The van der Waals surface area contributed by atoms with Crippen LogP contribution in [-0.4, -0.2) is 53.5 Å². The predicted octanol–water partition coefficient (Wildman–Crippen LogP) is 4.99. The third kappa shape index (κ3) is 4.52. The van der Waals surface area contributed by atoms with Crippen molar-refractivity contribution < 1.29 is 28.2 Å². The minimum absolute atomic E-state index is 0.0950. The summed E-state index contributed by atoms with van der Waals surface area (Å²) in [7, 11) is 0. The lowest BCUT2D eigenvalue weighted by Gasteiger charge is -2.27. The Balaban J connectivity index is 1.75. The van der Waals surface area contributed by atoms with Gasteiger partial charge in [0, 0.05) is 36.6 Å². The number of phenols is 1. The van der Waals surface area contributed by atoms with E-state index in [1.807, 2.05) is 6.07 Å². The van der Waals surface area contributed by atoms with Gasteiger partial charge in [-0.25, -0.2) is 13.6 Å². The first kappa shape index (κ1) is 24.1. The van der Waals surface area contributed by atoms with E-state index in [9.17, 15) is 18.7 Å². The summed E-state index contributed by atoms with van der Waals surface area (Å²) in [6.07, 6.45) is 1.86. The third-order valence-electron chi connectivity index (χ3n) is 6.69. The molecule has 1 aliphatic carbocycles. The number of phenolic OH excluding ortho intramolecular Hbond substituents is 1. The molecule has 0 spiro atoms. The minimum Gasteiger partial charge on any atom is -0.508 e. The number of aromatic nitrogens is 1. The Labute approximate surface area is 207 Å². The summed E-state index contributed by atoms with van der Waals surface area (Å²) >= 11 is 4.81. The lowest BCUT2D eigenvalue weighted by molar-refractivity contribution is 0.0340. The molecule has 35 heavy (non-hydrogen) atoms. The van der Waals surface area contributed by atoms with Crippen LogP contribution < -0.4 is 0 Å². The molecule has 2 aliphatic rings. The summed E-state index contributed by atoms with van der Waals surface area (Å²) in [6.45, 7) is 4.98. The van der Waals surface area contributed by atoms with Crippen molar-refractivity contribution in [2.45, 2.75) is 37.6 Å². The predicted molar refractivity (Wildman–Crippen MR) is 131 cm³/mol. The highest BCUT2D eigenvalue weighted by Crippen LogP contribution is 2.48. The molecule has 1 aromatic heterocycles. The Morgan fingerprint density at radius 2 is 1.94 bits per heavy atom. The largest absolute Gasteiger partial charge is 0.508 e. The van der Waals surface area contributed by atoms with Crippen molar-refractivity contribution in [3.05, 3.63) is 64.4 Å². The number of carbonyl (C=O) groups is 1. The van der Waals surface area contributed by atoms with Gasteiger partial charge in [-0.1, -0.05) is 6.07 Å². The second-order valence-electron chi connectivity index (χ2n) is 9.00. The van der Waals surface area contributed by atoms with Crippen LogP contribution in [0.15, 0.2) is 30.3 Å². The second kappa shape index (κ2) is 9.79. The van der Waals surface area contributed by atoms with E-state index >= 15 is 0 Å². The summed E-state index contributed by atoms with van der Waals surface area (Å²) < 4.78 is 40.8. The average molecular weight is 503 g/mol. The molecule has 0 bridgehead atoms. The van der Waals surface area contributed by atoms with Crippen molar-refractivity contribution in [3.8, 4) is 5.75 Å². The Morgan fingerprint density at radius 1 is 1.20 bits per heavy atom. The molecule has 2 fully saturated rings. The fourth-order valence-corrected chi connectivity index (χ4v) is 5.28. The molecule has 1 N–H and O–H groups in total. The van der Waals surface area contributed by atoms with Gasteiger partial charge in [0.2, 0.25) is 0 Å². The molecule has 2 aromatic carbocycles. The zero-order chi connectivity index (χ0) is 24.7.